The smallest absolute Gasteiger partial charge is 0.251 e. The highest BCUT2D eigenvalue weighted by molar-refractivity contribution is 6.00. The third-order valence-electron chi connectivity index (χ3n) is 9.01. The molecule has 44 heavy (non-hydrogen) atoms. The predicted molar refractivity (Wildman–Crippen MR) is 155 cm³/mol. The SMILES string of the molecule is COc1cc(C(=O)NCC(O)(c2cc3c(c(-c4ccc(F)cc4F)n2)OC[C@]3(C)C(N)=O)C2CC2)cc2cn(C3CC3)nc12. The summed E-state index contributed by atoms with van der Waals surface area (Å²) < 4.78 is 42.1. The molecule has 1 aliphatic heterocycles. The lowest BCUT2D eigenvalue weighted by Gasteiger charge is -2.30. The Labute approximate surface area is 251 Å². The lowest BCUT2D eigenvalue weighted by molar-refractivity contribution is -0.123. The van der Waals surface area contributed by atoms with E-state index in [-0.39, 0.29) is 41.8 Å². The summed E-state index contributed by atoms with van der Waals surface area (Å²) >= 11 is 0. The zero-order valence-electron chi connectivity index (χ0n) is 24.2. The fourth-order valence-electron chi connectivity index (χ4n) is 5.93. The van der Waals surface area contributed by atoms with E-state index in [0.29, 0.717) is 41.3 Å². The highest BCUT2D eigenvalue weighted by atomic mass is 19.1. The third kappa shape index (κ3) is 4.55. The van der Waals surface area contributed by atoms with Crippen LogP contribution < -0.4 is 20.5 Å². The minimum Gasteiger partial charge on any atom is -0.494 e. The predicted octanol–water partition coefficient (Wildman–Crippen LogP) is 3.88. The Bertz CT molecular complexity index is 1850. The van der Waals surface area contributed by atoms with Gasteiger partial charge in [-0.25, -0.2) is 13.8 Å². The molecule has 228 valence electrons. The third-order valence-corrected chi connectivity index (χ3v) is 9.01. The van der Waals surface area contributed by atoms with Gasteiger partial charge in [0.1, 0.15) is 52.0 Å². The first-order valence-electron chi connectivity index (χ1n) is 14.5. The number of primary amides is 1. The van der Waals surface area contributed by atoms with E-state index in [4.69, 9.17) is 15.2 Å². The van der Waals surface area contributed by atoms with Crippen LogP contribution in [0.1, 0.15) is 60.3 Å². The van der Waals surface area contributed by atoms with Crippen LogP contribution in [0.15, 0.2) is 42.6 Å². The van der Waals surface area contributed by atoms with E-state index in [0.717, 1.165) is 30.4 Å². The van der Waals surface area contributed by atoms with Crippen molar-refractivity contribution in [3.63, 3.8) is 0 Å². The van der Waals surface area contributed by atoms with Gasteiger partial charge in [-0.2, -0.15) is 5.10 Å². The number of benzene rings is 2. The second-order valence-corrected chi connectivity index (χ2v) is 12.2. The number of hydrogen-bond acceptors (Lipinski definition) is 7. The van der Waals surface area contributed by atoms with E-state index in [2.05, 4.69) is 15.4 Å². The molecule has 1 unspecified atom stereocenters. The molecule has 2 aromatic heterocycles. The lowest BCUT2D eigenvalue weighted by Crippen LogP contribution is -2.44. The number of nitrogens with zero attached hydrogens (tertiary/aromatic N) is 3. The average molecular weight is 604 g/mol. The van der Waals surface area contributed by atoms with Gasteiger partial charge < -0.3 is 25.6 Å². The van der Waals surface area contributed by atoms with Crippen molar-refractivity contribution in [1.29, 1.82) is 0 Å². The number of methoxy groups -OCH3 is 1. The molecule has 4 aromatic rings. The number of nitrogens with one attached hydrogen (secondary N) is 1. The van der Waals surface area contributed by atoms with Crippen LogP contribution in [0, 0.1) is 17.6 Å². The van der Waals surface area contributed by atoms with Crippen molar-refractivity contribution in [1.82, 2.24) is 20.1 Å². The number of ether oxygens (including phenoxy) is 2. The topological polar surface area (TPSA) is 142 Å². The Kier molecular flexibility index (Phi) is 6.40. The van der Waals surface area contributed by atoms with Crippen molar-refractivity contribution in [3.8, 4) is 22.8 Å². The normalized spacial score (nSPS) is 20.6. The second kappa shape index (κ2) is 9.98. The number of carbonyl (C=O) groups is 2. The summed E-state index contributed by atoms with van der Waals surface area (Å²) in [4.78, 5) is 30.7. The number of carbonyl (C=O) groups excluding carboxylic acids is 2. The first-order chi connectivity index (χ1) is 21.0. The van der Waals surface area contributed by atoms with Crippen LogP contribution in [0.5, 0.6) is 11.5 Å². The van der Waals surface area contributed by atoms with Crippen molar-refractivity contribution in [2.75, 3.05) is 20.3 Å². The number of aliphatic hydroxyl groups is 1. The van der Waals surface area contributed by atoms with Crippen LogP contribution in [0.3, 0.4) is 0 Å². The Balaban J connectivity index is 1.26. The maximum atomic E-state index is 15.1. The summed E-state index contributed by atoms with van der Waals surface area (Å²) in [5.74, 6) is -2.44. The van der Waals surface area contributed by atoms with Gasteiger partial charge in [-0.05, 0) is 68.9 Å². The zero-order chi connectivity index (χ0) is 31.0. The molecular formula is C32H31F2N5O5. The summed E-state index contributed by atoms with van der Waals surface area (Å²) in [5, 5.41) is 20.4. The highest BCUT2D eigenvalue weighted by Gasteiger charge is 2.50. The molecule has 0 spiro atoms. The van der Waals surface area contributed by atoms with Crippen LogP contribution in [0.2, 0.25) is 0 Å². The number of aromatic nitrogens is 3. The molecule has 2 amide bonds. The molecule has 0 radical (unpaired) electrons. The van der Waals surface area contributed by atoms with Crippen LogP contribution in [0.25, 0.3) is 22.2 Å². The minimum atomic E-state index is -1.68. The molecule has 0 bridgehead atoms. The Morgan fingerprint density at radius 3 is 2.64 bits per heavy atom. The van der Waals surface area contributed by atoms with E-state index >= 15 is 4.39 Å². The number of amides is 2. The van der Waals surface area contributed by atoms with E-state index in [1.807, 2.05) is 10.9 Å². The molecule has 3 aliphatic rings. The van der Waals surface area contributed by atoms with Crippen LogP contribution in [0.4, 0.5) is 8.78 Å². The monoisotopic (exact) mass is 603 g/mol. The molecular weight excluding hydrogens is 572 g/mol. The van der Waals surface area contributed by atoms with E-state index < -0.39 is 34.5 Å². The van der Waals surface area contributed by atoms with Gasteiger partial charge in [0.15, 0.2) is 0 Å². The van der Waals surface area contributed by atoms with Gasteiger partial charge in [-0.15, -0.1) is 0 Å². The van der Waals surface area contributed by atoms with Gasteiger partial charge in [0.05, 0.1) is 25.4 Å². The molecule has 10 nitrogen and oxygen atoms in total. The number of hydrogen-bond donors (Lipinski definition) is 3. The van der Waals surface area contributed by atoms with Gasteiger partial charge in [0.25, 0.3) is 5.91 Å². The summed E-state index contributed by atoms with van der Waals surface area (Å²) in [7, 11) is 1.52. The minimum absolute atomic E-state index is 0.00763. The first kappa shape index (κ1) is 28.2. The molecule has 3 heterocycles. The number of pyridine rings is 1. The Hall–Kier alpha value is -4.58. The maximum Gasteiger partial charge on any atom is 0.251 e. The largest absolute Gasteiger partial charge is 0.494 e. The van der Waals surface area contributed by atoms with Crippen molar-refractivity contribution in [2.24, 2.45) is 11.7 Å². The summed E-state index contributed by atoms with van der Waals surface area (Å²) in [6.07, 6.45) is 5.33. The molecule has 2 atom stereocenters. The molecule has 2 fully saturated rings. The maximum absolute atomic E-state index is 15.1. The van der Waals surface area contributed by atoms with Crippen molar-refractivity contribution in [2.45, 2.75) is 49.7 Å². The quantitative estimate of drug-likeness (QED) is 0.264. The van der Waals surface area contributed by atoms with Crippen molar-refractivity contribution >= 4 is 22.7 Å². The van der Waals surface area contributed by atoms with Gasteiger partial charge in [0, 0.05) is 34.3 Å². The van der Waals surface area contributed by atoms with E-state index in [9.17, 15) is 19.1 Å². The van der Waals surface area contributed by atoms with Crippen molar-refractivity contribution in [3.05, 3.63) is 71.1 Å². The van der Waals surface area contributed by atoms with Gasteiger partial charge in [-0.3, -0.25) is 14.3 Å². The molecule has 2 aliphatic carbocycles. The van der Waals surface area contributed by atoms with Crippen molar-refractivity contribution < 1.29 is 33.0 Å². The summed E-state index contributed by atoms with van der Waals surface area (Å²) in [6.45, 7) is 1.27. The highest BCUT2D eigenvalue weighted by Crippen LogP contribution is 2.50. The first-order valence-corrected chi connectivity index (χ1v) is 14.5. The van der Waals surface area contributed by atoms with Gasteiger partial charge in [-0.1, -0.05) is 0 Å². The van der Waals surface area contributed by atoms with E-state index in [1.165, 1.54) is 13.2 Å². The number of fused-ring (bicyclic) bond motifs is 2. The molecule has 2 aromatic carbocycles. The lowest BCUT2D eigenvalue weighted by atomic mass is 9.81. The molecule has 12 heteroatoms. The van der Waals surface area contributed by atoms with Gasteiger partial charge in [0.2, 0.25) is 5.91 Å². The van der Waals surface area contributed by atoms with Crippen LogP contribution in [-0.4, -0.2) is 51.9 Å². The summed E-state index contributed by atoms with van der Waals surface area (Å²) in [6, 6.07) is 8.29. The van der Waals surface area contributed by atoms with E-state index in [1.54, 1.807) is 25.1 Å². The molecule has 7 rings (SSSR count). The average Bonchev–Trinajstić information content (AvgIpc) is 3.94. The van der Waals surface area contributed by atoms with Crippen LogP contribution in [-0.2, 0) is 15.8 Å². The number of rotatable bonds is 9. The van der Waals surface area contributed by atoms with Gasteiger partial charge >= 0.3 is 0 Å². The fourth-order valence-corrected chi connectivity index (χ4v) is 5.93. The number of halogens is 2. The summed E-state index contributed by atoms with van der Waals surface area (Å²) in [5.41, 5.74) is 4.19. The second-order valence-electron chi connectivity index (χ2n) is 12.2. The zero-order valence-corrected chi connectivity index (χ0v) is 24.2. The standard InChI is InChI=1S/C32H31F2N5O5/c1-31(30(35)41)15-44-28-22(31)12-25(37-27(28)21-8-5-19(33)11-23(21)34)32(42,18-3-4-18)14-36-29(40)16-9-17-13-39(20-6-7-20)38-26(17)24(10-16)43-2/h5,8-13,18,20,42H,3-4,6-7,14-15H2,1-2H3,(H2,35,41)(H,36,40)/t31-,32?/m0/s1. The molecule has 4 N–H and O–H groups in total. The Morgan fingerprint density at radius 2 is 1.98 bits per heavy atom. The Morgan fingerprint density at radius 1 is 1.20 bits per heavy atom. The van der Waals surface area contributed by atoms with Crippen LogP contribution >= 0.6 is 0 Å². The number of nitrogens with two attached hydrogens (primary N) is 1. The molecule has 2 saturated carbocycles. The molecule has 0 saturated heterocycles. The fraction of sp³-hybridized carbons (Fsp3) is 0.375.